The van der Waals surface area contributed by atoms with Crippen molar-refractivity contribution in [3.63, 3.8) is 0 Å². The van der Waals surface area contributed by atoms with Crippen LogP contribution < -0.4 is 0 Å². The summed E-state index contributed by atoms with van der Waals surface area (Å²) in [6.07, 6.45) is 5.96. The molecule has 0 bridgehead atoms. The highest BCUT2D eigenvalue weighted by molar-refractivity contribution is 4.78. The second-order valence-electron chi connectivity index (χ2n) is 5.06. The van der Waals surface area contributed by atoms with Gasteiger partial charge in [0.05, 0.1) is 6.10 Å². The SMILES string of the molecule is CO[C@@H]1CC[C@@H](CC(C)C)CC1C. The summed E-state index contributed by atoms with van der Waals surface area (Å²) in [6, 6.07) is 0. The topological polar surface area (TPSA) is 9.23 Å². The van der Waals surface area contributed by atoms with Gasteiger partial charge in [0.25, 0.3) is 0 Å². The van der Waals surface area contributed by atoms with E-state index in [4.69, 9.17) is 4.74 Å². The quantitative estimate of drug-likeness (QED) is 0.652. The van der Waals surface area contributed by atoms with E-state index in [1.54, 1.807) is 0 Å². The molecular weight excluding hydrogens is 160 g/mol. The first-order chi connectivity index (χ1) is 6.13. The first-order valence-electron chi connectivity index (χ1n) is 5.66. The minimum Gasteiger partial charge on any atom is -0.381 e. The van der Waals surface area contributed by atoms with Gasteiger partial charge in [-0.2, -0.15) is 0 Å². The van der Waals surface area contributed by atoms with Crippen molar-refractivity contribution in [2.75, 3.05) is 7.11 Å². The standard InChI is InChI=1S/C12H24O/c1-9(2)7-11-5-6-12(13-4)10(3)8-11/h9-12H,5-8H2,1-4H3/t10?,11-,12+/m0/s1. The fraction of sp³-hybridized carbons (Fsp3) is 1.00. The van der Waals surface area contributed by atoms with Crippen LogP contribution in [0, 0.1) is 17.8 Å². The number of ether oxygens (including phenoxy) is 1. The van der Waals surface area contributed by atoms with Crippen LogP contribution in [0.15, 0.2) is 0 Å². The van der Waals surface area contributed by atoms with Crippen molar-refractivity contribution < 1.29 is 4.74 Å². The van der Waals surface area contributed by atoms with E-state index in [1.165, 1.54) is 25.7 Å². The van der Waals surface area contributed by atoms with Gasteiger partial charge >= 0.3 is 0 Å². The Morgan fingerprint density at radius 1 is 1.31 bits per heavy atom. The van der Waals surface area contributed by atoms with Crippen molar-refractivity contribution in [1.82, 2.24) is 0 Å². The Labute approximate surface area is 82.9 Å². The largest absolute Gasteiger partial charge is 0.381 e. The van der Waals surface area contributed by atoms with Gasteiger partial charge < -0.3 is 4.74 Å². The van der Waals surface area contributed by atoms with E-state index in [-0.39, 0.29) is 0 Å². The molecule has 78 valence electrons. The Hall–Kier alpha value is -0.0400. The highest BCUT2D eigenvalue weighted by Crippen LogP contribution is 2.34. The molecule has 0 N–H and O–H groups in total. The number of hydrogen-bond donors (Lipinski definition) is 0. The van der Waals surface area contributed by atoms with Crippen molar-refractivity contribution >= 4 is 0 Å². The fourth-order valence-corrected chi connectivity index (χ4v) is 2.71. The highest BCUT2D eigenvalue weighted by atomic mass is 16.5. The maximum atomic E-state index is 5.46. The second-order valence-corrected chi connectivity index (χ2v) is 5.06. The molecule has 1 fully saturated rings. The molecule has 1 unspecified atom stereocenters. The van der Waals surface area contributed by atoms with Crippen molar-refractivity contribution in [3.05, 3.63) is 0 Å². The van der Waals surface area contributed by atoms with E-state index in [1.807, 2.05) is 7.11 Å². The summed E-state index contributed by atoms with van der Waals surface area (Å²) in [5.74, 6) is 2.58. The summed E-state index contributed by atoms with van der Waals surface area (Å²) in [7, 11) is 1.85. The summed E-state index contributed by atoms with van der Waals surface area (Å²) in [4.78, 5) is 0. The fourth-order valence-electron chi connectivity index (χ4n) is 2.71. The molecule has 1 nitrogen and oxygen atoms in total. The van der Waals surface area contributed by atoms with Gasteiger partial charge in [-0.15, -0.1) is 0 Å². The smallest absolute Gasteiger partial charge is 0.0597 e. The van der Waals surface area contributed by atoms with Gasteiger partial charge in [0, 0.05) is 7.11 Å². The molecule has 1 heteroatoms. The molecule has 0 heterocycles. The van der Waals surface area contributed by atoms with Crippen LogP contribution in [0.2, 0.25) is 0 Å². The molecule has 0 aliphatic heterocycles. The molecule has 0 aromatic heterocycles. The van der Waals surface area contributed by atoms with Gasteiger partial charge in [-0.1, -0.05) is 20.8 Å². The molecule has 0 spiro atoms. The van der Waals surface area contributed by atoms with Gasteiger partial charge in [0.15, 0.2) is 0 Å². The minimum atomic E-state index is 0.531. The van der Waals surface area contributed by atoms with Crippen LogP contribution in [-0.4, -0.2) is 13.2 Å². The normalized spacial score (nSPS) is 35.3. The zero-order chi connectivity index (χ0) is 9.84. The molecule has 1 saturated carbocycles. The maximum Gasteiger partial charge on any atom is 0.0597 e. The molecule has 1 rings (SSSR count). The summed E-state index contributed by atoms with van der Waals surface area (Å²) < 4.78 is 5.46. The van der Waals surface area contributed by atoms with Gasteiger partial charge in [-0.3, -0.25) is 0 Å². The third kappa shape index (κ3) is 3.30. The molecule has 0 saturated heterocycles. The van der Waals surface area contributed by atoms with Crippen LogP contribution in [0.25, 0.3) is 0 Å². The maximum absolute atomic E-state index is 5.46. The number of hydrogen-bond acceptors (Lipinski definition) is 1. The second kappa shape index (κ2) is 4.99. The Kier molecular flexibility index (Phi) is 4.24. The molecular formula is C12H24O. The molecule has 1 aliphatic carbocycles. The molecule has 3 atom stereocenters. The van der Waals surface area contributed by atoms with Crippen LogP contribution in [0.4, 0.5) is 0 Å². The van der Waals surface area contributed by atoms with E-state index < -0.39 is 0 Å². The van der Waals surface area contributed by atoms with Gasteiger partial charge in [-0.05, 0) is 43.4 Å². The third-order valence-electron chi connectivity index (χ3n) is 3.31. The predicted octanol–water partition coefficient (Wildman–Crippen LogP) is 3.48. The Morgan fingerprint density at radius 2 is 2.00 bits per heavy atom. The lowest BCUT2D eigenvalue weighted by atomic mass is 9.77. The van der Waals surface area contributed by atoms with Gasteiger partial charge in [0.2, 0.25) is 0 Å². The minimum absolute atomic E-state index is 0.531. The summed E-state index contributed by atoms with van der Waals surface area (Å²) in [5, 5.41) is 0. The first kappa shape index (κ1) is 11.0. The van der Waals surface area contributed by atoms with E-state index in [0.29, 0.717) is 6.10 Å². The van der Waals surface area contributed by atoms with Crippen LogP contribution >= 0.6 is 0 Å². The third-order valence-corrected chi connectivity index (χ3v) is 3.31. The van der Waals surface area contributed by atoms with Gasteiger partial charge in [-0.25, -0.2) is 0 Å². The summed E-state index contributed by atoms with van der Waals surface area (Å²) in [5.41, 5.74) is 0. The van der Waals surface area contributed by atoms with Crippen molar-refractivity contribution in [2.24, 2.45) is 17.8 Å². The lowest BCUT2D eigenvalue weighted by molar-refractivity contribution is 0.0123. The van der Waals surface area contributed by atoms with Crippen molar-refractivity contribution in [2.45, 2.75) is 52.6 Å². The van der Waals surface area contributed by atoms with E-state index in [9.17, 15) is 0 Å². The molecule has 1 aliphatic rings. The first-order valence-corrected chi connectivity index (χ1v) is 5.66. The van der Waals surface area contributed by atoms with E-state index in [2.05, 4.69) is 20.8 Å². The molecule has 0 aromatic rings. The molecule has 0 radical (unpaired) electrons. The number of rotatable bonds is 3. The zero-order valence-electron chi connectivity index (χ0n) is 9.55. The van der Waals surface area contributed by atoms with Crippen molar-refractivity contribution in [3.8, 4) is 0 Å². The van der Waals surface area contributed by atoms with E-state index >= 15 is 0 Å². The Balaban J connectivity index is 2.32. The molecule has 13 heavy (non-hydrogen) atoms. The lowest BCUT2D eigenvalue weighted by Gasteiger charge is -2.34. The van der Waals surface area contributed by atoms with Crippen LogP contribution in [0.3, 0.4) is 0 Å². The van der Waals surface area contributed by atoms with Gasteiger partial charge in [0.1, 0.15) is 0 Å². The van der Waals surface area contributed by atoms with E-state index in [0.717, 1.165) is 17.8 Å². The average Bonchev–Trinajstić information content (AvgIpc) is 2.03. The summed E-state index contributed by atoms with van der Waals surface area (Å²) >= 11 is 0. The molecule has 0 aromatic carbocycles. The highest BCUT2D eigenvalue weighted by Gasteiger charge is 2.27. The predicted molar refractivity (Wildman–Crippen MR) is 56.8 cm³/mol. The molecule has 0 amide bonds. The summed E-state index contributed by atoms with van der Waals surface area (Å²) in [6.45, 7) is 6.99. The van der Waals surface area contributed by atoms with Crippen molar-refractivity contribution in [1.29, 1.82) is 0 Å². The average molecular weight is 184 g/mol. The van der Waals surface area contributed by atoms with Crippen LogP contribution in [0.5, 0.6) is 0 Å². The van der Waals surface area contributed by atoms with Crippen LogP contribution in [0.1, 0.15) is 46.5 Å². The Bertz CT molecular complexity index is 142. The number of methoxy groups -OCH3 is 1. The Morgan fingerprint density at radius 3 is 2.46 bits per heavy atom. The monoisotopic (exact) mass is 184 g/mol. The zero-order valence-corrected chi connectivity index (χ0v) is 9.55. The lowest BCUT2D eigenvalue weighted by Crippen LogP contribution is -2.29. The van der Waals surface area contributed by atoms with Crippen LogP contribution in [-0.2, 0) is 4.74 Å².